The first kappa shape index (κ1) is 20.6. The summed E-state index contributed by atoms with van der Waals surface area (Å²) < 4.78 is 1.43. The molecule has 4 amide bonds. The lowest BCUT2D eigenvalue weighted by molar-refractivity contribution is -0.137. The van der Waals surface area contributed by atoms with Gasteiger partial charge in [0.15, 0.2) is 5.16 Å². The van der Waals surface area contributed by atoms with E-state index in [1.807, 2.05) is 0 Å². The number of amides is 4. The average Bonchev–Trinajstić information content (AvgIpc) is 2.92. The second-order valence-electron chi connectivity index (χ2n) is 6.70. The maximum absolute atomic E-state index is 12.7. The summed E-state index contributed by atoms with van der Waals surface area (Å²) in [5.41, 5.74) is 1.57. The molecule has 29 heavy (non-hydrogen) atoms. The fraction of sp³-hybridized carbons (Fsp3) is 0.316. The van der Waals surface area contributed by atoms with Gasteiger partial charge in [-0.25, -0.2) is 9.78 Å². The summed E-state index contributed by atoms with van der Waals surface area (Å²) in [5, 5.41) is 4.07. The molecule has 2 heterocycles. The molecule has 0 radical (unpaired) electrons. The van der Waals surface area contributed by atoms with E-state index < -0.39 is 23.4 Å². The maximum atomic E-state index is 12.7. The average molecular weight is 415 g/mol. The van der Waals surface area contributed by atoms with Gasteiger partial charge in [0.1, 0.15) is 5.54 Å². The molecule has 1 atom stereocenters. The molecule has 1 aliphatic heterocycles. The molecular weight excluding hydrogens is 394 g/mol. The topological polar surface area (TPSA) is 113 Å². The van der Waals surface area contributed by atoms with E-state index in [1.54, 1.807) is 44.2 Å². The van der Waals surface area contributed by atoms with E-state index in [0.717, 1.165) is 11.8 Å². The van der Waals surface area contributed by atoms with Gasteiger partial charge in [-0.05, 0) is 25.5 Å². The highest BCUT2D eigenvalue weighted by atomic mass is 32.2. The molecule has 3 rings (SSSR count). The van der Waals surface area contributed by atoms with Crippen LogP contribution in [-0.4, -0.2) is 43.7 Å². The van der Waals surface area contributed by atoms with Crippen molar-refractivity contribution >= 4 is 40.5 Å². The van der Waals surface area contributed by atoms with Crippen LogP contribution in [0.25, 0.3) is 10.9 Å². The number of fused-ring (bicyclic) bond motifs is 1. The molecule has 0 aliphatic carbocycles. The zero-order valence-electron chi connectivity index (χ0n) is 16.1. The summed E-state index contributed by atoms with van der Waals surface area (Å²) in [6.45, 7) is 7.26. The molecule has 2 N–H and O–H groups in total. The molecule has 0 bridgehead atoms. The third kappa shape index (κ3) is 3.88. The van der Waals surface area contributed by atoms with E-state index in [-0.39, 0.29) is 17.9 Å². The molecule has 1 aromatic carbocycles. The van der Waals surface area contributed by atoms with Gasteiger partial charge in [-0.15, -0.1) is 6.58 Å². The number of nitrogens with one attached hydrogen (secondary N) is 2. The summed E-state index contributed by atoms with van der Waals surface area (Å²) in [6.07, 6.45) is 1.97. The Balaban J connectivity index is 1.77. The summed E-state index contributed by atoms with van der Waals surface area (Å²) in [4.78, 5) is 53.9. The summed E-state index contributed by atoms with van der Waals surface area (Å²) in [6, 6.07) is 6.26. The van der Waals surface area contributed by atoms with Crippen LogP contribution in [-0.2, 0) is 16.1 Å². The van der Waals surface area contributed by atoms with Gasteiger partial charge in [-0.1, -0.05) is 36.9 Å². The highest BCUT2D eigenvalue weighted by molar-refractivity contribution is 7.99. The minimum atomic E-state index is -1.04. The molecule has 2 aromatic rings. The summed E-state index contributed by atoms with van der Waals surface area (Å²) >= 11 is 1.04. The van der Waals surface area contributed by atoms with Crippen molar-refractivity contribution in [1.82, 2.24) is 25.3 Å². The number of hydrogen-bond donors (Lipinski definition) is 2. The van der Waals surface area contributed by atoms with Crippen molar-refractivity contribution in [3.8, 4) is 0 Å². The van der Waals surface area contributed by atoms with Crippen molar-refractivity contribution < 1.29 is 14.4 Å². The van der Waals surface area contributed by atoms with Crippen LogP contribution < -0.4 is 16.3 Å². The Bertz CT molecular complexity index is 1070. The van der Waals surface area contributed by atoms with Gasteiger partial charge in [0.2, 0.25) is 5.91 Å². The third-order valence-electron chi connectivity index (χ3n) is 4.68. The number of carbonyl (C=O) groups excluding carboxylic acids is 3. The Morgan fingerprint density at radius 3 is 2.72 bits per heavy atom. The summed E-state index contributed by atoms with van der Waals surface area (Å²) in [5.74, 6) is -1.22. The summed E-state index contributed by atoms with van der Waals surface area (Å²) in [7, 11) is 0. The molecule has 1 aromatic heterocycles. The molecule has 1 aliphatic rings. The number of thioether (sulfide) groups is 1. The normalized spacial score (nSPS) is 18.8. The van der Waals surface area contributed by atoms with E-state index in [0.29, 0.717) is 27.5 Å². The Kier molecular flexibility index (Phi) is 5.73. The van der Waals surface area contributed by atoms with Crippen molar-refractivity contribution in [1.29, 1.82) is 0 Å². The lowest BCUT2D eigenvalue weighted by Crippen LogP contribution is -2.49. The molecule has 10 heteroatoms. The monoisotopic (exact) mass is 415 g/mol. The Hall–Kier alpha value is -3.14. The van der Waals surface area contributed by atoms with Gasteiger partial charge in [0.25, 0.3) is 11.5 Å². The zero-order valence-corrected chi connectivity index (χ0v) is 16.9. The predicted octanol–water partition coefficient (Wildman–Crippen LogP) is 1.43. The van der Waals surface area contributed by atoms with Crippen LogP contribution in [0.2, 0.25) is 0 Å². The van der Waals surface area contributed by atoms with Crippen LogP contribution in [0.3, 0.4) is 0 Å². The standard InChI is InChI=1S/C19H21N5O4S/c1-4-10-23-15(26)12-8-6-7-9-13(12)20-18(23)29-11-14(25)22-24-16(27)19(3,5-2)21-17(24)28/h4,6-9H,1,5,10-11H2,2-3H3,(H,21,28)(H,22,25)/t19-/m1/s1. The van der Waals surface area contributed by atoms with E-state index in [1.165, 1.54) is 4.57 Å². The van der Waals surface area contributed by atoms with Gasteiger partial charge in [0.05, 0.1) is 16.7 Å². The maximum Gasteiger partial charge on any atom is 0.344 e. The number of nitrogens with zero attached hydrogens (tertiary/aromatic N) is 3. The Morgan fingerprint density at radius 1 is 1.34 bits per heavy atom. The lowest BCUT2D eigenvalue weighted by Gasteiger charge is -2.19. The second-order valence-corrected chi connectivity index (χ2v) is 7.64. The SMILES string of the molecule is C=CCn1c(SCC(=O)NN2C(=O)N[C@](C)(CC)C2=O)nc2ccccc2c1=O. The third-order valence-corrected chi connectivity index (χ3v) is 5.65. The van der Waals surface area contributed by atoms with Crippen LogP contribution in [0, 0.1) is 0 Å². The van der Waals surface area contributed by atoms with Crippen LogP contribution >= 0.6 is 11.8 Å². The number of allylic oxidation sites excluding steroid dienone is 1. The predicted molar refractivity (Wildman–Crippen MR) is 109 cm³/mol. The van der Waals surface area contributed by atoms with Gasteiger partial charge >= 0.3 is 6.03 Å². The fourth-order valence-electron chi connectivity index (χ4n) is 2.86. The number of para-hydroxylation sites is 1. The van der Waals surface area contributed by atoms with Crippen molar-refractivity contribution in [2.24, 2.45) is 0 Å². The van der Waals surface area contributed by atoms with Gasteiger partial charge in [-0.3, -0.25) is 24.4 Å². The Labute approximate surface area is 171 Å². The van der Waals surface area contributed by atoms with Crippen LogP contribution in [0.1, 0.15) is 20.3 Å². The van der Waals surface area contributed by atoms with Gasteiger partial charge in [0, 0.05) is 6.54 Å². The number of urea groups is 1. The quantitative estimate of drug-likeness (QED) is 0.306. The van der Waals surface area contributed by atoms with Crippen molar-refractivity contribution in [2.75, 3.05) is 5.75 Å². The molecule has 0 saturated carbocycles. The molecule has 9 nitrogen and oxygen atoms in total. The number of carbonyl (C=O) groups is 3. The molecule has 152 valence electrons. The van der Waals surface area contributed by atoms with E-state index in [9.17, 15) is 19.2 Å². The number of benzene rings is 1. The van der Waals surface area contributed by atoms with Gasteiger partial charge < -0.3 is 5.32 Å². The van der Waals surface area contributed by atoms with Crippen LogP contribution in [0.4, 0.5) is 4.79 Å². The zero-order chi connectivity index (χ0) is 21.2. The van der Waals surface area contributed by atoms with E-state index in [2.05, 4.69) is 22.3 Å². The van der Waals surface area contributed by atoms with Crippen molar-refractivity contribution in [3.05, 3.63) is 47.3 Å². The minimum absolute atomic E-state index is 0.137. The van der Waals surface area contributed by atoms with Crippen molar-refractivity contribution in [3.63, 3.8) is 0 Å². The molecular formula is C19H21N5O4S. The van der Waals surface area contributed by atoms with Gasteiger partial charge in [-0.2, -0.15) is 5.01 Å². The number of rotatable bonds is 7. The first-order chi connectivity index (χ1) is 13.8. The largest absolute Gasteiger partial charge is 0.344 e. The smallest absolute Gasteiger partial charge is 0.322 e. The number of hydrazine groups is 1. The lowest BCUT2D eigenvalue weighted by atomic mass is 10.00. The highest BCUT2D eigenvalue weighted by Gasteiger charge is 2.47. The van der Waals surface area contributed by atoms with Crippen molar-refractivity contribution in [2.45, 2.75) is 37.5 Å². The number of aromatic nitrogens is 2. The van der Waals surface area contributed by atoms with Crippen LogP contribution in [0.5, 0.6) is 0 Å². The van der Waals surface area contributed by atoms with Crippen LogP contribution in [0.15, 0.2) is 46.9 Å². The first-order valence-electron chi connectivity index (χ1n) is 9.00. The molecule has 0 unspecified atom stereocenters. The minimum Gasteiger partial charge on any atom is -0.322 e. The Morgan fingerprint density at radius 2 is 2.07 bits per heavy atom. The van der Waals surface area contributed by atoms with E-state index >= 15 is 0 Å². The molecule has 1 saturated heterocycles. The highest BCUT2D eigenvalue weighted by Crippen LogP contribution is 2.20. The second kappa shape index (κ2) is 8.08. The molecule has 1 fully saturated rings. The number of hydrogen-bond acceptors (Lipinski definition) is 6. The first-order valence-corrected chi connectivity index (χ1v) is 9.98. The van der Waals surface area contributed by atoms with E-state index in [4.69, 9.17) is 0 Å². The molecule has 0 spiro atoms. The number of imide groups is 1. The fourth-order valence-corrected chi connectivity index (χ4v) is 3.66.